The summed E-state index contributed by atoms with van der Waals surface area (Å²) in [7, 11) is 1.41. The first-order valence-corrected chi connectivity index (χ1v) is 7.77. The highest BCUT2D eigenvalue weighted by atomic mass is 19.1. The van der Waals surface area contributed by atoms with E-state index in [2.05, 4.69) is 5.32 Å². The van der Waals surface area contributed by atoms with Crippen LogP contribution in [-0.2, 0) is 16.1 Å². The van der Waals surface area contributed by atoms with Crippen LogP contribution >= 0.6 is 0 Å². The first kappa shape index (κ1) is 17.7. The Kier molecular flexibility index (Phi) is 4.96. The van der Waals surface area contributed by atoms with Crippen molar-refractivity contribution in [3.63, 3.8) is 0 Å². The van der Waals surface area contributed by atoms with Gasteiger partial charge in [-0.3, -0.25) is 4.79 Å². The minimum absolute atomic E-state index is 0.0262. The summed E-state index contributed by atoms with van der Waals surface area (Å²) in [5.74, 6) is -0.521. The Morgan fingerprint density at radius 3 is 2.70 bits per heavy atom. The van der Waals surface area contributed by atoms with Crippen molar-refractivity contribution in [2.75, 3.05) is 13.7 Å². The predicted octanol–water partition coefficient (Wildman–Crippen LogP) is 1.98. The molecule has 0 bridgehead atoms. The molecule has 128 valence electrons. The van der Waals surface area contributed by atoms with Crippen molar-refractivity contribution in [1.82, 2.24) is 5.32 Å². The number of carbonyl (C=O) groups is 1. The van der Waals surface area contributed by atoms with Crippen LogP contribution in [0.1, 0.15) is 32.8 Å². The van der Waals surface area contributed by atoms with E-state index in [1.54, 1.807) is 6.07 Å². The summed E-state index contributed by atoms with van der Waals surface area (Å²) < 4.78 is 24.2. The van der Waals surface area contributed by atoms with Crippen LogP contribution in [0.2, 0.25) is 0 Å². The lowest BCUT2D eigenvalue weighted by Gasteiger charge is -2.57. The standard InChI is InChI=1S/C17H25FN2O3/c1-5-23-14-9-17(19,16(14,2)3)15(21)20-10-11-6-7-13(22-4)12(18)8-11/h6-8,14H,5,9-10,19H2,1-4H3,(H,20,21). The fourth-order valence-electron chi connectivity index (χ4n) is 2.98. The third-order valence-electron chi connectivity index (χ3n) is 4.90. The number of hydrogen-bond donors (Lipinski definition) is 2. The highest BCUT2D eigenvalue weighted by Crippen LogP contribution is 2.49. The van der Waals surface area contributed by atoms with Gasteiger partial charge >= 0.3 is 0 Å². The monoisotopic (exact) mass is 324 g/mol. The van der Waals surface area contributed by atoms with Crippen LogP contribution in [0, 0.1) is 11.2 Å². The average molecular weight is 324 g/mol. The van der Waals surface area contributed by atoms with Gasteiger partial charge in [0.1, 0.15) is 5.54 Å². The van der Waals surface area contributed by atoms with Gasteiger partial charge in [0.25, 0.3) is 0 Å². The Labute approximate surface area is 136 Å². The van der Waals surface area contributed by atoms with E-state index < -0.39 is 16.8 Å². The summed E-state index contributed by atoms with van der Waals surface area (Å²) in [6.07, 6.45) is 0.457. The molecule has 1 fully saturated rings. The molecule has 6 heteroatoms. The Balaban J connectivity index is 1.99. The molecule has 1 amide bonds. The van der Waals surface area contributed by atoms with Crippen molar-refractivity contribution < 1.29 is 18.7 Å². The molecule has 0 aromatic heterocycles. The van der Waals surface area contributed by atoms with E-state index in [4.69, 9.17) is 15.2 Å². The van der Waals surface area contributed by atoms with E-state index in [9.17, 15) is 9.18 Å². The van der Waals surface area contributed by atoms with Crippen LogP contribution in [0.5, 0.6) is 5.75 Å². The van der Waals surface area contributed by atoms with Gasteiger partial charge in [-0.2, -0.15) is 0 Å². The molecule has 0 radical (unpaired) electrons. The topological polar surface area (TPSA) is 73.6 Å². The number of amides is 1. The maximum absolute atomic E-state index is 13.7. The van der Waals surface area contributed by atoms with Crippen molar-refractivity contribution in [3.8, 4) is 5.75 Å². The molecule has 0 heterocycles. The lowest BCUT2D eigenvalue weighted by Crippen LogP contribution is -2.75. The van der Waals surface area contributed by atoms with Crippen LogP contribution < -0.4 is 15.8 Å². The average Bonchev–Trinajstić information content (AvgIpc) is 2.52. The second-order valence-electron chi connectivity index (χ2n) is 6.49. The Morgan fingerprint density at radius 2 is 2.17 bits per heavy atom. The molecule has 2 rings (SSSR count). The molecule has 1 aromatic rings. The molecule has 2 atom stereocenters. The van der Waals surface area contributed by atoms with E-state index in [-0.39, 0.29) is 24.3 Å². The minimum atomic E-state index is -0.974. The summed E-state index contributed by atoms with van der Waals surface area (Å²) in [4.78, 5) is 12.5. The first-order chi connectivity index (χ1) is 10.8. The third kappa shape index (κ3) is 3.05. The Morgan fingerprint density at radius 1 is 1.48 bits per heavy atom. The van der Waals surface area contributed by atoms with Gasteiger partial charge in [-0.1, -0.05) is 19.9 Å². The summed E-state index contributed by atoms with van der Waals surface area (Å²) in [6, 6.07) is 4.59. The van der Waals surface area contributed by atoms with E-state index in [0.29, 0.717) is 18.6 Å². The molecule has 0 saturated heterocycles. The summed E-state index contributed by atoms with van der Waals surface area (Å²) in [6.45, 7) is 6.60. The molecule has 1 aliphatic rings. The summed E-state index contributed by atoms with van der Waals surface area (Å²) in [5, 5.41) is 2.80. The minimum Gasteiger partial charge on any atom is -0.494 e. The number of nitrogens with one attached hydrogen (secondary N) is 1. The van der Waals surface area contributed by atoms with Crippen molar-refractivity contribution in [2.24, 2.45) is 11.1 Å². The lowest BCUT2D eigenvalue weighted by atomic mass is 9.54. The van der Waals surface area contributed by atoms with Gasteiger partial charge < -0.3 is 20.5 Å². The van der Waals surface area contributed by atoms with E-state index in [1.165, 1.54) is 19.2 Å². The first-order valence-electron chi connectivity index (χ1n) is 7.77. The fourth-order valence-corrected chi connectivity index (χ4v) is 2.98. The van der Waals surface area contributed by atoms with Crippen LogP contribution in [0.3, 0.4) is 0 Å². The van der Waals surface area contributed by atoms with E-state index >= 15 is 0 Å². The highest BCUT2D eigenvalue weighted by molar-refractivity contribution is 5.88. The second-order valence-corrected chi connectivity index (χ2v) is 6.49. The van der Waals surface area contributed by atoms with Crippen LogP contribution in [0.25, 0.3) is 0 Å². The summed E-state index contributed by atoms with van der Waals surface area (Å²) >= 11 is 0. The summed E-state index contributed by atoms with van der Waals surface area (Å²) in [5.41, 5.74) is 5.53. The van der Waals surface area contributed by atoms with Gasteiger partial charge in [-0.15, -0.1) is 0 Å². The highest BCUT2D eigenvalue weighted by Gasteiger charge is 2.62. The quantitative estimate of drug-likeness (QED) is 0.839. The van der Waals surface area contributed by atoms with Crippen LogP contribution in [0.15, 0.2) is 18.2 Å². The van der Waals surface area contributed by atoms with Crippen molar-refractivity contribution in [2.45, 2.75) is 45.4 Å². The molecule has 1 aliphatic carbocycles. The number of benzene rings is 1. The lowest BCUT2D eigenvalue weighted by molar-refractivity contribution is -0.170. The molecule has 5 nitrogen and oxygen atoms in total. The molecule has 1 aromatic carbocycles. The SMILES string of the molecule is CCOC1CC(N)(C(=O)NCc2ccc(OC)c(F)c2)C1(C)C. The zero-order valence-electron chi connectivity index (χ0n) is 14.1. The Bertz CT molecular complexity index is 591. The van der Waals surface area contributed by atoms with Crippen LogP contribution in [0.4, 0.5) is 4.39 Å². The molecular formula is C17H25FN2O3. The number of hydrogen-bond acceptors (Lipinski definition) is 4. The van der Waals surface area contributed by atoms with Crippen molar-refractivity contribution in [3.05, 3.63) is 29.6 Å². The van der Waals surface area contributed by atoms with Gasteiger partial charge in [-0.05, 0) is 24.6 Å². The third-order valence-corrected chi connectivity index (χ3v) is 4.90. The fraction of sp³-hybridized carbons (Fsp3) is 0.588. The second kappa shape index (κ2) is 6.45. The smallest absolute Gasteiger partial charge is 0.241 e. The molecule has 2 unspecified atom stereocenters. The largest absolute Gasteiger partial charge is 0.494 e. The predicted molar refractivity (Wildman–Crippen MR) is 85.5 cm³/mol. The number of rotatable bonds is 6. The van der Waals surface area contributed by atoms with Crippen molar-refractivity contribution >= 4 is 5.91 Å². The van der Waals surface area contributed by atoms with E-state index in [0.717, 1.165) is 0 Å². The molecule has 0 aliphatic heterocycles. The normalized spacial score (nSPS) is 25.6. The van der Waals surface area contributed by atoms with Crippen molar-refractivity contribution in [1.29, 1.82) is 0 Å². The molecule has 23 heavy (non-hydrogen) atoms. The zero-order valence-corrected chi connectivity index (χ0v) is 14.1. The molecule has 1 saturated carbocycles. The zero-order chi connectivity index (χ0) is 17.3. The van der Waals surface area contributed by atoms with Crippen LogP contribution in [-0.4, -0.2) is 31.3 Å². The molecular weight excluding hydrogens is 299 g/mol. The number of carbonyl (C=O) groups excluding carboxylic acids is 1. The number of methoxy groups -OCH3 is 1. The van der Waals surface area contributed by atoms with Gasteiger partial charge in [0.15, 0.2) is 11.6 Å². The van der Waals surface area contributed by atoms with Gasteiger partial charge in [0.05, 0.1) is 13.2 Å². The van der Waals surface area contributed by atoms with Gasteiger partial charge in [-0.25, -0.2) is 4.39 Å². The maximum Gasteiger partial charge on any atom is 0.241 e. The number of nitrogens with two attached hydrogens (primary N) is 1. The molecule has 3 N–H and O–H groups in total. The van der Waals surface area contributed by atoms with Gasteiger partial charge in [0, 0.05) is 25.0 Å². The van der Waals surface area contributed by atoms with Gasteiger partial charge in [0.2, 0.25) is 5.91 Å². The van der Waals surface area contributed by atoms with E-state index in [1.807, 2.05) is 20.8 Å². The molecule has 0 spiro atoms. The number of halogens is 1. The maximum atomic E-state index is 13.7. The number of ether oxygens (including phenoxy) is 2. The Hall–Kier alpha value is -1.66.